The maximum Gasteiger partial charge on any atom is 0.172 e. The van der Waals surface area contributed by atoms with Gasteiger partial charge in [-0.25, -0.2) is 0 Å². The summed E-state index contributed by atoms with van der Waals surface area (Å²) in [6, 6.07) is 9.55. The number of nitrogens with zero attached hydrogens (tertiary/aromatic N) is 3. The molecule has 0 aliphatic rings. The molecule has 0 radical (unpaired) electrons. The SMILES string of the molecule is CC(CCc1ccccc1)S(N=O)(N=O)N=O. The molecule has 0 fully saturated rings. The molecule has 92 valence electrons. The summed E-state index contributed by atoms with van der Waals surface area (Å²) in [5.74, 6) is 0. The van der Waals surface area contributed by atoms with Gasteiger partial charge in [-0.1, -0.05) is 30.3 Å². The largest absolute Gasteiger partial charge is 0.172 e. The molecule has 0 spiro atoms. The second-order valence-electron chi connectivity index (χ2n) is 3.62. The third-order valence-corrected chi connectivity index (χ3v) is 4.52. The van der Waals surface area contributed by atoms with E-state index in [1.54, 1.807) is 6.92 Å². The molecular weight excluding hydrogens is 242 g/mol. The molecule has 1 aromatic rings. The van der Waals surface area contributed by atoms with E-state index in [0.29, 0.717) is 12.8 Å². The molecule has 1 atom stereocenters. The standard InChI is InChI=1S/C10H13N3O3S/c1-9(17(11-14,12-15)13-16)7-8-10-5-3-2-4-6-10/h2-6,9H,7-8H2,1H3. The minimum absolute atomic E-state index is 0.475. The van der Waals surface area contributed by atoms with Gasteiger partial charge in [0.05, 0.1) is 5.25 Å². The van der Waals surface area contributed by atoms with Gasteiger partial charge < -0.3 is 0 Å². The molecule has 1 aromatic carbocycles. The lowest BCUT2D eigenvalue weighted by molar-refractivity contribution is 0.799. The second kappa shape index (κ2) is 6.19. The number of rotatable bonds is 7. The zero-order valence-corrected chi connectivity index (χ0v) is 10.2. The summed E-state index contributed by atoms with van der Waals surface area (Å²) in [5, 5.41) is -0.532. The van der Waals surface area contributed by atoms with Crippen LogP contribution in [0.4, 0.5) is 0 Å². The van der Waals surface area contributed by atoms with Crippen LogP contribution < -0.4 is 0 Å². The van der Waals surface area contributed by atoms with E-state index in [1.165, 1.54) is 0 Å². The normalized spacial score (nSPS) is 13.7. The van der Waals surface area contributed by atoms with Crippen LogP contribution in [-0.2, 0) is 6.42 Å². The summed E-state index contributed by atoms with van der Waals surface area (Å²) < 4.78 is 7.63. The molecule has 0 aliphatic carbocycles. The van der Waals surface area contributed by atoms with Gasteiger partial charge in [0.1, 0.15) is 0 Å². The average Bonchev–Trinajstić information content (AvgIpc) is 2.40. The van der Waals surface area contributed by atoms with Gasteiger partial charge in [0.25, 0.3) is 0 Å². The first kappa shape index (κ1) is 13.4. The fraction of sp³-hybridized carbons (Fsp3) is 0.400. The summed E-state index contributed by atoms with van der Waals surface area (Å²) in [6.07, 6.45) is 1.12. The lowest BCUT2D eigenvalue weighted by Gasteiger charge is -2.21. The van der Waals surface area contributed by atoms with Crippen molar-refractivity contribution < 1.29 is 0 Å². The predicted molar refractivity (Wildman–Crippen MR) is 69.2 cm³/mol. The molecule has 7 heteroatoms. The van der Waals surface area contributed by atoms with E-state index in [9.17, 15) is 14.7 Å². The predicted octanol–water partition coefficient (Wildman–Crippen LogP) is 3.86. The molecular formula is C10H13N3O3S. The Morgan fingerprint density at radius 2 is 1.59 bits per heavy atom. The van der Waals surface area contributed by atoms with E-state index in [0.717, 1.165) is 5.56 Å². The first-order valence-corrected chi connectivity index (χ1v) is 6.65. The van der Waals surface area contributed by atoms with Crippen LogP contribution in [0.5, 0.6) is 0 Å². The van der Waals surface area contributed by atoms with Gasteiger partial charge in [0.2, 0.25) is 0 Å². The molecule has 0 N–H and O–H groups in total. The topological polar surface area (TPSA) is 88.3 Å². The maximum absolute atomic E-state index is 10.5. The van der Waals surface area contributed by atoms with Crippen LogP contribution in [0.15, 0.2) is 44.1 Å². The highest BCUT2D eigenvalue weighted by Gasteiger charge is 2.35. The number of hydrogen-bond acceptors (Lipinski definition) is 6. The van der Waals surface area contributed by atoms with E-state index in [4.69, 9.17) is 0 Å². The van der Waals surface area contributed by atoms with Crippen LogP contribution >= 0.6 is 10.6 Å². The second-order valence-corrected chi connectivity index (χ2v) is 5.99. The molecule has 0 bridgehead atoms. The van der Waals surface area contributed by atoms with E-state index in [1.807, 2.05) is 30.3 Å². The van der Waals surface area contributed by atoms with Crippen LogP contribution in [0.2, 0.25) is 0 Å². The highest BCUT2D eigenvalue weighted by molar-refractivity contribution is 8.30. The lowest BCUT2D eigenvalue weighted by Crippen LogP contribution is -2.09. The van der Waals surface area contributed by atoms with E-state index >= 15 is 0 Å². The van der Waals surface area contributed by atoms with Crippen molar-refractivity contribution in [3.63, 3.8) is 0 Å². The molecule has 0 saturated carbocycles. The molecule has 17 heavy (non-hydrogen) atoms. The molecule has 1 rings (SSSR count). The molecule has 0 aliphatic heterocycles. The zero-order chi connectivity index (χ0) is 12.7. The maximum atomic E-state index is 10.5. The molecule has 0 amide bonds. The third-order valence-electron chi connectivity index (χ3n) is 2.55. The van der Waals surface area contributed by atoms with Gasteiger partial charge in [-0.2, -0.15) is 0 Å². The van der Waals surface area contributed by atoms with Crippen LogP contribution in [-0.4, -0.2) is 5.25 Å². The Bertz CT molecular complexity index is 377. The number of benzene rings is 1. The third kappa shape index (κ3) is 3.16. The van der Waals surface area contributed by atoms with Gasteiger partial charge in [-0.15, -0.1) is 14.7 Å². The first-order valence-electron chi connectivity index (χ1n) is 5.08. The van der Waals surface area contributed by atoms with E-state index < -0.39 is 15.8 Å². The van der Waals surface area contributed by atoms with Crippen molar-refractivity contribution in [2.45, 2.75) is 25.0 Å². The van der Waals surface area contributed by atoms with Crippen molar-refractivity contribution in [3.05, 3.63) is 50.6 Å². The van der Waals surface area contributed by atoms with Crippen molar-refractivity contribution in [2.24, 2.45) is 13.7 Å². The van der Waals surface area contributed by atoms with E-state index in [-0.39, 0.29) is 0 Å². The summed E-state index contributed by atoms with van der Waals surface area (Å²) in [6.45, 7) is 1.60. The fourth-order valence-electron chi connectivity index (χ4n) is 1.43. The Labute approximate surface area is 100 Å². The molecule has 6 nitrogen and oxygen atoms in total. The fourth-order valence-corrected chi connectivity index (χ4v) is 2.39. The van der Waals surface area contributed by atoms with Gasteiger partial charge in [-0.05, 0) is 25.3 Å². The smallest absolute Gasteiger partial charge is 0.135 e. The van der Waals surface area contributed by atoms with Crippen LogP contribution in [0.3, 0.4) is 0 Å². The summed E-state index contributed by atoms with van der Waals surface area (Å²) in [7, 11) is -3.15. The Kier molecular flexibility index (Phi) is 4.89. The van der Waals surface area contributed by atoms with Gasteiger partial charge in [0, 0.05) is 13.7 Å². The summed E-state index contributed by atoms with van der Waals surface area (Å²) in [5.41, 5.74) is 1.07. The lowest BCUT2D eigenvalue weighted by atomic mass is 10.1. The van der Waals surface area contributed by atoms with Crippen LogP contribution in [0, 0.1) is 14.7 Å². The van der Waals surface area contributed by atoms with Crippen molar-refractivity contribution >= 4 is 10.6 Å². The molecule has 0 saturated heterocycles. The van der Waals surface area contributed by atoms with Crippen LogP contribution in [0.1, 0.15) is 18.9 Å². The zero-order valence-electron chi connectivity index (χ0n) is 9.35. The number of hydrogen-bond donors (Lipinski definition) is 0. The Morgan fingerprint density at radius 3 is 2.06 bits per heavy atom. The molecule has 0 heterocycles. The average molecular weight is 255 g/mol. The highest BCUT2D eigenvalue weighted by Crippen LogP contribution is 2.57. The quantitative estimate of drug-likeness (QED) is 0.693. The Morgan fingerprint density at radius 1 is 1.06 bits per heavy atom. The number of aryl methyl sites for hydroxylation is 1. The van der Waals surface area contributed by atoms with Gasteiger partial charge >= 0.3 is 0 Å². The van der Waals surface area contributed by atoms with Gasteiger partial charge in [0.15, 0.2) is 10.6 Å². The summed E-state index contributed by atoms with van der Waals surface area (Å²) >= 11 is 0. The Balaban J connectivity index is 2.66. The van der Waals surface area contributed by atoms with Crippen molar-refractivity contribution in [1.29, 1.82) is 0 Å². The van der Waals surface area contributed by atoms with Gasteiger partial charge in [-0.3, -0.25) is 0 Å². The van der Waals surface area contributed by atoms with Crippen molar-refractivity contribution in [1.82, 2.24) is 0 Å². The Hall–Kier alpha value is -1.63. The highest BCUT2D eigenvalue weighted by atomic mass is 32.3. The summed E-state index contributed by atoms with van der Waals surface area (Å²) in [4.78, 5) is 31.6. The van der Waals surface area contributed by atoms with E-state index in [2.05, 4.69) is 13.7 Å². The molecule has 0 aromatic heterocycles. The molecule has 1 unspecified atom stereocenters. The monoisotopic (exact) mass is 255 g/mol. The number of nitroso groups, excluding NO2 is 3. The minimum atomic E-state index is -3.15. The van der Waals surface area contributed by atoms with Crippen LogP contribution in [0.25, 0.3) is 0 Å². The minimum Gasteiger partial charge on any atom is -0.135 e. The van der Waals surface area contributed by atoms with Crippen molar-refractivity contribution in [2.75, 3.05) is 0 Å². The first-order chi connectivity index (χ1) is 8.18. The van der Waals surface area contributed by atoms with Crippen molar-refractivity contribution in [3.8, 4) is 0 Å².